The van der Waals surface area contributed by atoms with Crippen LogP contribution in [0.5, 0.6) is 0 Å². The Morgan fingerprint density at radius 3 is 2.29 bits per heavy atom. The minimum Gasteiger partial charge on any atom is -0.326 e. The monoisotopic (exact) mass is 381 g/mol. The van der Waals surface area contributed by atoms with E-state index in [2.05, 4.69) is 24.5 Å². The Morgan fingerprint density at radius 1 is 1.00 bits per heavy atom. The highest BCUT2D eigenvalue weighted by Crippen LogP contribution is 2.27. The second-order valence-corrected chi connectivity index (χ2v) is 7.08. The summed E-state index contributed by atoms with van der Waals surface area (Å²) in [5.41, 5.74) is 3.93. The van der Waals surface area contributed by atoms with Crippen LogP contribution in [0.4, 0.5) is 17.1 Å². The van der Waals surface area contributed by atoms with Crippen LogP contribution in [-0.4, -0.2) is 24.3 Å². The first-order valence-electron chi connectivity index (χ1n) is 9.24. The Morgan fingerprint density at radius 2 is 1.68 bits per heavy atom. The number of rotatable bonds is 6. The third-order valence-electron chi connectivity index (χ3n) is 4.35. The molecular weight excluding hydrogens is 354 g/mol. The molecule has 0 radical (unpaired) electrons. The van der Waals surface area contributed by atoms with Gasteiger partial charge in [0.05, 0.1) is 0 Å². The minimum atomic E-state index is -0.281. The number of aryl methyl sites for hydroxylation is 1. The number of hydrogen-bond acceptors (Lipinski definition) is 3. The summed E-state index contributed by atoms with van der Waals surface area (Å²) in [6, 6.07) is 12.8. The molecule has 0 aromatic heterocycles. The van der Waals surface area contributed by atoms with Crippen molar-refractivity contribution >= 4 is 34.8 Å². The molecule has 6 nitrogen and oxygen atoms in total. The molecule has 6 heteroatoms. The fourth-order valence-corrected chi connectivity index (χ4v) is 3.00. The van der Waals surface area contributed by atoms with Gasteiger partial charge in [0.25, 0.3) is 0 Å². The SMILES string of the molecule is CC(=O)Nc1cccc(N(CC(=O)Nc2c(C)cccc2C(C)C)C(C)=O)c1. The molecule has 2 aromatic carbocycles. The van der Waals surface area contributed by atoms with E-state index in [1.54, 1.807) is 24.3 Å². The average molecular weight is 381 g/mol. The third kappa shape index (κ3) is 5.42. The van der Waals surface area contributed by atoms with Crippen LogP contribution in [0.15, 0.2) is 42.5 Å². The minimum absolute atomic E-state index is 0.120. The Balaban J connectivity index is 2.23. The summed E-state index contributed by atoms with van der Waals surface area (Å²) in [5.74, 6) is -0.487. The topological polar surface area (TPSA) is 78.5 Å². The van der Waals surface area contributed by atoms with Crippen LogP contribution in [0.1, 0.15) is 44.7 Å². The van der Waals surface area contributed by atoms with E-state index in [0.29, 0.717) is 11.4 Å². The van der Waals surface area contributed by atoms with E-state index < -0.39 is 0 Å². The van der Waals surface area contributed by atoms with Gasteiger partial charge in [-0.1, -0.05) is 38.1 Å². The number of nitrogens with zero attached hydrogens (tertiary/aromatic N) is 1. The predicted octanol–water partition coefficient (Wildman–Crippen LogP) is 4.07. The molecule has 0 unspecified atom stereocenters. The third-order valence-corrected chi connectivity index (χ3v) is 4.35. The molecule has 0 bridgehead atoms. The molecule has 2 aromatic rings. The number of amides is 3. The highest BCUT2D eigenvalue weighted by molar-refractivity contribution is 6.03. The van der Waals surface area contributed by atoms with Gasteiger partial charge in [-0.05, 0) is 42.2 Å². The van der Waals surface area contributed by atoms with Crippen molar-refractivity contribution in [2.75, 3.05) is 22.1 Å². The van der Waals surface area contributed by atoms with Gasteiger partial charge in [0.1, 0.15) is 6.54 Å². The first-order chi connectivity index (χ1) is 13.2. The van der Waals surface area contributed by atoms with Gasteiger partial charge in [-0.15, -0.1) is 0 Å². The van der Waals surface area contributed by atoms with Crippen LogP contribution in [0.2, 0.25) is 0 Å². The van der Waals surface area contributed by atoms with Crippen molar-refractivity contribution in [3.8, 4) is 0 Å². The normalized spacial score (nSPS) is 10.5. The Bertz CT molecular complexity index is 890. The van der Waals surface area contributed by atoms with E-state index in [9.17, 15) is 14.4 Å². The number of para-hydroxylation sites is 1. The van der Waals surface area contributed by atoms with E-state index in [1.807, 2.05) is 25.1 Å². The standard InChI is InChI=1S/C22H27N3O3/c1-14(2)20-11-6-8-15(3)22(20)24-21(28)13-25(17(5)27)19-10-7-9-18(12-19)23-16(4)26/h6-12,14H,13H2,1-5H3,(H,23,26)(H,24,28). The molecule has 2 rings (SSSR count). The summed E-state index contributed by atoms with van der Waals surface area (Å²) < 4.78 is 0. The van der Waals surface area contributed by atoms with Crippen molar-refractivity contribution in [2.45, 2.75) is 40.5 Å². The second kappa shape index (κ2) is 9.17. The van der Waals surface area contributed by atoms with Crippen LogP contribution in [0, 0.1) is 6.92 Å². The molecular formula is C22H27N3O3. The summed E-state index contributed by atoms with van der Waals surface area (Å²) in [5, 5.41) is 5.64. The van der Waals surface area contributed by atoms with Gasteiger partial charge in [-0.25, -0.2) is 0 Å². The van der Waals surface area contributed by atoms with Crippen molar-refractivity contribution < 1.29 is 14.4 Å². The first-order valence-corrected chi connectivity index (χ1v) is 9.24. The quantitative estimate of drug-likeness (QED) is 0.792. The van der Waals surface area contributed by atoms with Crippen molar-refractivity contribution in [3.05, 3.63) is 53.6 Å². The van der Waals surface area contributed by atoms with E-state index in [1.165, 1.54) is 18.7 Å². The first kappa shape index (κ1) is 21.2. The lowest BCUT2D eigenvalue weighted by molar-refractivity contribution is -0.120. The van der Waals surface area contributed by atoms with E-state index in [4.69, 9.17) is 0 Å². The van der Waals surface area contributed by atoms with Crippen molar-refractivity contribution in [1.29, 1.82) is 0 Å². The highest BCUT2D eigenvalue weighted by atomic mass is 16.2. The summed E-state index contributed by atoms with van der Waals surface area (Å²) >= 11 is 0. The Kier molecular flexibility index (Phi) is 6.93. The van der Waals surface area contributed by atoms with Gasteiger partial charge < -0.3 is 15.5 Å². The lowest BCUT2D eigenvalue weighted by Crippen LogP contribution is -2.37. The van der Waals surface area contributed by atoms with Gasteiger partial charge in [-0.3, -0.25) is 14.4 Å². The van der Waals surface area contributed by atoms with Crippen LogP contribution >= 0.6 is 0 Å². The molecule has 0 heterocycles. The predicted molar refractivity (Wildman–Crippen MR) is 113 cm³/mol. The number of carbonyl (C=O) groups excluding carboxylic acids is 3. The number of carbonyl (C=O) groups is 3. The maximum absolute atomic E-state index is 12.7. The lowest BCUT2D eigenvalue weighted by Gasteiger charge is -2.23. The van der Waals surface area contributed by atoms with Crippen LogP contribution < -0.4 is 15.5 Å². The molecule has 148 valence electrons. The molecule has 0 atom stereocenters. The maximum Gasteiger partial charge on any atom is 0.244 e. The highest BCUT2D eigenvalue weighted by Gasteiger charge is 2.18. The molecule has 0 aliphatic heterocycles. The number of hydrogen-bond donors (Lipinski definition) is 2. The largest absolute Gasteiger partial charge is 0.326 e. The van der Waals surface area contributed by atoms with Crippen molar-refractivity contribution in [2.24, 2.45) is 0 Å². The fraction of sp³-hybridized carbons (Fsp3) is 0.318. The van der Waals surface area contributed by atoms with Gasteiger partial charge in [0, 0.05) is 30.9 Å². The summed E-state index contributed by atoms with van der Waals surface area (Å²) in [6.07, 6.45) is 0. The zero-order valence-electron chi connectivity index (χ0n) is 17.0. The number of nitrogens with one attached hydrogen (secondary N) is 2. The van der Waals surface area contributed by atoms with Crippen molar-refractivity contribution in [1.82, 2.24) is 0 Å². The zero-order valence-corrected chi connectivity index (χ0v) is 17.0. The van der Waals surface area contributed by atoms with Gasteiger partial charge in [0.15, 0.2) is 0 Å². The smallest absolute Gasteiger partial charge is 0.244 e. The number of benzene rings is 2. The Hall–Kier alpha value is -3.15. The molecule has 0 saturated heterocycles. The molecule has 0 aliphatic carbocycles. The van der Waals surface area contributed by atoms with Gasteiger partial charge in [0.2, 0.25) is 17.7 Å². The van der Waals surface area contributed by atoms with E-state index in [0.717, 1.165) is 16.8 Å². The summed E-state index contributed by atoms with van der Waals surface area (Å²) in [6.45, 7) is 8.79. The van der Waals surface area contributed by atoms with E-state index >= 15 is 0 Å². The Labute approximate surface area is 165 Å². The maximum atomic E-state index is 12.7. The molecule has 3 amide bonds. The fourth-order valence-electron chi connectivity index (χ4n) is 3.00. The van der Waals surface area contributed by atoms with E-state index in [-0.39, 0.29) is 30.2 Å². The van der Waals surface area contributed by atoms with Crippen LogP contribution in [0.3, 0.4) is 0 Å². The van der Waals surface area contributed by atoms with Gasteiger partial charge >= 0.3 is 0 Å². The van der Waals surface area contributed by atoms with Crippen molar-refractivity contribution in [3.63, 3.8) is 0 Å². The molecule has 0 fully saturated rings. The van der Waals surface area contributed by atoms with Crippen LogP contribution in [0.25, 0.3) is 0 Å². The number of anilines is 3. The second-order valence-electron chi connectivity index (χ2n) is 7.08. The molecule has 0 aliphatic rings. The molecule has 28 heavy (non-hydrogen) atoms. The lowest BCUT2D eigenvalue weighted by atomic mass is 9.98. The average Bonchev–Trinajstić information content (AvgIpc) is 2.60. The summed E-state index contributed by atoms with van der Waals surface area (Å²) in [4.78, 5) is 37.5. The summed E-state index contributed by atoms with van der Waals surface area (Å²) in [7, 11) is 0. The molecule has 0 spiro atoms. The molecule has 0 saturated carbocycles. The zero-order chi connectivity index (χ0) is 20.8. The van der Waals surface area contributed by atoms with Crippen LogP contribution in [-0.2, 0) is 14.4 Å². The van der Waals surface area contributed by atoms with Gasteiger partial charge in [-0.2, -0.15) is 0 Å². The molecule has 2 N–H and O–H groups in total.